The maximum Gasteiger partial charge on any atom is 0.225 e. The summed E-state index contributed by atoms with van der Waals surface area (Å²) in [5, 5.41) is 11.2. The van der Waals surface area contributed by atoms with Crippen molar-refractivity contribution < 1.29 is 18.6 Å². The lowest BCUT2D eigenvalue weighted by Crippen LogP contribution is -1.96. The number of hydrogen-bond donors (Lipinski definition) is 1. The average Bonchev–Trinajstić information content (AvgIpc) is 3.44. The summed E-state index contributed by atoms with van der Waals surface area (Å²) in [4.78, 5) is 4.20. The van der Waals surface area contributed by atoms with E-state index < -0.39 is 0 Å². The van der Waals surface area contributed by atoms with Gasteiger partial charge < -0.3 is 18.6 Å². The molecule has 4 aromatic rings. The molecule has 0 aliphatic rings. The Bertz CT molecular complexity index is 1060. The van der Waals surface area contributed by atoms with Crippen LogP contribution in [0.5, 0.6) is 17.2 Å². The van der Waals surface area contributed by atoms with Gasteiger partial charge in [-0.15, -0.1) is 5.10 Å². The monoisotopic (exact) mass is 378 g/mol. The molecule has 8 heteroatoms. The number of benzene rings is 2. The molecule has 0 amide bonds. The molecule has 0 spiro atoms. The first kappa shape index (κ1) is 17.6. The Morgan fingerprint density at radius 2 is 1.64 bits per heavy atom. The summed E-state index contributed by atoms with van der Waals surface area (Å²) in [6.45, 7) is 0. The lowest BCUT2D eigenvalue weighted by Gasteiger charge is -2.13. The summed E-state index contributed by atoms with van der Waals surface area (Å²) in [5.41, 5.74) is 3.93. The van der Waals surface area contributed by atoms with E-state index >= 15 is 0 Å². The quantitative estimate of drug-likeness (QED) is 0.545. The van der Waals surface area contributed by atoms with Crippen LogP contribution in [0.1, 0.15) is 0 Å². The molecule has 2 heterocycles. The smallest absolute Gasteiger partial charge is 0.225 e. The molecule has 1 N–H and O–H groups in total. The van der Waals surface area contributed by atoms with Gasteiger partial charge in [0.25, 0.3) is 0 Å². The second kappa shape index (κ2) is 7.43. The van der Waals surface area contributed by atoms with Crippen molar-refractivity contribution in [2.75, 3.05) is 21.3 Å². The molecule has 0 aliphatic heterocycles. The lowest BCUT2D eigenvalue weighted by molar-refractivity contribution is 0.324. The van der Waals surface area contributed by atoms with Gasteiger partial charge in [-0.3, -0.25) is 5.10 Å². The van der Waals surface area contributed by atoms with E-state index in [4.69, 9.17) is 18.6 Å². The van der Waals surface area contributed by atoms with Gasteiger partial charge in [-0.05, 0) is 24.3 Å². The number of nitrogens with zero attached hydrogens (tertiary/aromatic N) is 3. The molecule has 0 unspecified atom stereocenters. The first-order valence-electron chi connectivity index (χ1n) is 8.47. The highest BCUT2D eigenvalue weighted by Gasteiger charge is 2.19. The standard InChI is InChI=1S/C20H18N4O4/c1-25-15-10-14(11-16(26-2)19(15)27-3)18-17(22-24-23-18)12-5-4-6-13(9-12)20-21-7-8-28-20/h4-11H,1-3H3,(H,22,23,24). The van der Waals surface area contributed by atoms with Gasteiger partial charge in [0.15, 0.2) is 11.5 Å². The second-order valence-electron chi connectivity index (χ2n) is 5.87. The fourth-order valence-electron chi connectivity index (χ4n) is 3.02. The van der Waals surface area contributed by atoms with Gasteiger partial charge in [-0.2, -0.15) is 0 Å². The molecule has 0 saturated carbocycles. The maximum absolute atomic E-state index is 5.45. The Hall–Kier alpha value is -3.81. The van der Waals surface area contributed by atoms with Crippen LogP contribution < -0.4 is 14.2 Å². The zero-order chi connectivity index (χ0) is 19.5. The van der Waals surface area contributed by atoms with Crippen LogP contribution in [0.4, 0.5) is 0 Å². The van der Waals surface area contributed by atoms with Crippen LogP contribution in [0.3, 0.4) is 0 Å². The number of oxazole rings is 1. The predicted octanol–water partition coefficient (Wildman–Crippen LogP) is 3.82. The van der Waals surface area contributed by atoms with Crippen molar-refractivity contribution in [1.82, 2.24) is 20.4 Å². The van der Waals surface area contributed by atoms with Gasteiger partial charge in [0.05, 0.1) is 33.2 Å². The fraction of sp³-hybridized carbons (Fsp3) is 0.150. The summed E-state index contributed by atoms with van der Waals surface area (Å²) in [6, 6.07) is 11.4. The summed E-state index contributed by atoms with van der Waals surface area (Å²) in [7, 11) is 4.71. The highest BCUT2D eigenvalue weighted by molar-refractivity contribution is 5.81. The van der Waals surface area contributed by atoms with E-state index in [-0.39, 0.29) is 0 Å². The lowest BCUT2D eigenvalue weighted by atomic mass is 10.0. The molecule has 2 aromatic heterocycles. The predicted molar refractivity (Wildman–Crippen MR) is 102 cm³/mol. The van der Waals surface area contributed by atoms with Crippen molar-refractivity contribution in [3.8, 4) is 51.2 Å². The van der Waals surface area contributed by atoms with Gasteiger partial charge in [-0.25, -0.2) is 4.98 Å². The van der Waals surface area contributed by atoms with Crippen LogP contribution in [0, 0.1) is 0 Å². The fourth-order valence-corrected chi connectivity index (χ4v) is 3.02. The van der Waals surface area contributed by atoms with Crippen LogP contribution in [0.25, 0.3) is 34.0 Å². The summed E-state index contributed by atoms with van der Waals surface area (Å²) in [5.74, 6) is 2.15. The van der Waals surface area contributed by atoms with Crippen molar-refractivity contribution in [3.63, 3.8) is 0 Å². The Kier molecular flexibility index (Phi) is 4.67. The van der Waals surface area contributed by atoms with E-state index in [0.29, 0.717) is 28.8 Å². The number of ether oxygens (including phenoxy) is 3. The summed E-state index contributed by atoms with van der Waals surface area (Å²) in [6.07, 6.45) is 3.15. The van der Waals surface area contributed by atoms with E-state index in [2.05, 4.69) is 20.4 Å². The van der Waals surface area contributed by atoms with Crippen LogP contribution >= 0.6 is 0 Å². The first-order valence-corrected chi connectivity index (χ1v) is 8.47. The van der Waals surface area contributed by atoms with Gasteiger partial charge in [0.2, 0.25) is 11.6 Å². The van der Waals surface area contributed by atoms with Gasteiger partial charge >= 0.3 is 0 Å². The normalized spacial score (nSPS) is 10.7. The van der Waals surface area contributed by atoms with Gasteiger partial charge in [0, 0.05) is 16.7 Å². The number of nitrogens with one attached hydrogen (secondary N) is 1. The number of aromatic amines is 1. The number of methoxy groups -OCH3 is 3. The van der Waals surface area contributed by atoms with Crippen molar-refractivity contribution >= 4 is 0 Å². The molecule has 0 atom stereocenters. The molecule has 0 fully saturated rings. The number of hydrogen-bond acceptors (Lipinski definition) is 7. The number of rotatable bonds is 6. The molecule has 0 saturated heterocycles. The largest absolute Gasteiger partial charge is 0.493 e. The average molecular weight is 378 g/mol. The van der Waals surface area contributed by atoms with Crippen LogP contribution in [0.15, 0.2) is 53.3 Å². The Labute approximate surface area is 161 Å². The van der Waals surface area contributed by atoms with E-state index in [1.54, 1.807) is 33.8 Å². The van der Waals surface area contributed by atoms with Crippen LogP contribution in [-0.4, -0.2) is 41.7 Å². The van der Waals surface area contributed by atoms with Crippen molar-refractivity contribution in [3.05, 3.63) is 48.9 Å². The second-order valence-corrected chi connectivity index (χ2v) is 5.87. The molecular formula is C20H18N4O4. The molecule has 8 nitrogen and oxygen atoms in total. The van der Waals surface area contributed by atoms with Crippen molar-refractivity contribution in [2.24, 2.45) is 0 Å². The maximum atomic E-state index is 5.45. The minimum Gasteiger partial charge on any atom is -0.493 e. The summed E-state index contributed by atoms with van der Waals surface area (Å²) >= 11 is 0. The summed E-state index contributed by atoms with van der Waals surface area (Å²) < 4.78 is 21.7. The minimum absolute atomic E-state index is 0.518. The zero-order valence-corrected chi connectivity index (χ0v) is 15.6. The third-order valence-corrected chi connectivity index (χ3v) is 4.32. The third kappa shape index (κ3) is 3.05. The Balaban J connectivity index is 1.82. The minimum atomic E-state index is 0.518. The van der Waals surface area contributed by atoms with Crippen LogP contribution in [0.2, 0.25) is 0 Å². The Morgan fingerprint density at radius 3 is 2.29 bits per heavy atom. The van der Waals surface area contributed by atoms with E-state index in [1.165, 1.54) is 0 Å². The topological polar surface area (TPSA) is 95.3 Å². The van der Waals surface area contributed by atoms with Gasteiger partial charge in [-0.1, -0.05) is 17.3 Å². The van der Waals surface area contributed by atoms with E-state index in [9.17, 15) is 0 Å². The molecule has 142 valence electrons. The number of H-pyrrole nitrogens is 1. The third-order valence-electron chi connectivity index (χ3n) is 4.32. The molecule has 2 aromatic carbocycles. The van der Waals surface area contributed by atoms with Crippen LogP contribution in [-0.2, 0) is 0 Å². The first-order chi connectivity index (χ1) is 13.7. The molecular weight excluding hydrogens is 360 g/mol. The van der Waals surface area contributed by atoms with E-state index in [0.717, 1.165) is 22.4 Å². The molecule has 0 radical (unpaired) electrons. The zero-order valence-electron chi connectivity index (χ0n) is 15.6. The Morgan fingerprint density at radius 1 is 0.893 bits per heavy atom. The molecule has 28 heavy (non-hydrogen) atoms. The molecule has 0 bridgehead atoms. The van der Waals surface area contributed by atoms with Crippen molar-refractivity contribution in [1.29, 1.82) is 0 Å². The highest BCUT2D eigenvalue weighted by atomic mass is 16.5. The number of aromatic nitrogens is 4. The van der Waals surface area contributed by atoms with Crippen molar-refractivity contribution in [2.45, 2.75) is 0 Å². The molecule has 4 rings (SSSR count). The van der Waals surface area contributed by atoms with E-state index in [1.807, 2.05) is 36.4 Å². The highest BCUT2D eigenvalue weighted by Crippen LogP contribution is 2.42. The molecule has 0 aliphatic carbocycles. The van der Waals surface area contributed by atoms with Gasteiger partial charge in [0.1, 0.15) is 12.0 Å². The SMILES string of the molecule is COc1cc(-c2nn[nH]c2-c2cccc(-c3ncco3)c2)cc(OC)c1OC.